The molecule has 0 aromatic rings. The van der Waals surface area contributed by atoms with Gasteiger partial charge in [0.25, 0.3) is 0 Å². The summed E-state index contributed by atoms with van der Waals surface area (Å²) in [6.45, 7) is 3.53. The van der Waals surface area contributed by atoms with Crippen LogP contribution in [-0.4, -0.2) is 43.8 Å². The third-order valence-electron chi connectivity index (χ3n) is 1.42. The molecule has 0 unspecified atom stereocenters. The predicted octanol–water partition coefficient (Wildman–Crippen LogP) is -0.357. The van der Waals surface area contributed by atoms with Gasteiger partial charge in [0.1, 0.15) is 6.29 Å². The molecule has 1 amide bonds. The molecule has 0 heterocycles. The highest BCUT2D eigenvalue weighted by Gasteiger charge is 2.03. The van der Waals surface area contributed by atoms with Gasteiger partial charge in [0.05, 0.1) is 6.54 Å². The third-order valence-corrected chi connectivity index (χ3v) is 1.42. The summed E-state index contributed by atoms with van der Waals surface area (Å²) in [5.41, 5.74) is 0. The number of carbonyl (C=O) groups is 2. The highest BCUT2D eigenvalue weighted by atomic mass is 16.2. The van der Waals surface area contributed by atoms with E-state index in [2.05, 4.69) is 5.32 Å². The van der Waals surface area contributed by atoms with Gasteiger partial charge in [-0.2, -0.15) is 0 Å². The Morgan fingerprint density at radius 1 is 1.58 bits per heavy atom. The molecule has 0 spiro atoms. The molecule has 0 saturated heterocycles. The first-order valence-electron chi connectivity index (χ1n) is 4.09. The molecular formula is C8H16N2O2. The minimum absolute atomic E-state index is 0.00546. The minimum Gasteiger partial charge on any atom is -0.355 e. The molecule has 12 heavy (non-hydrogen) atoms. The van der Waals surface area contributed by atoms with Crippen LogP contribution in [0.5, 0.6) is 0 Å². The summed E-state index contributed by atoms with van der Waals surface area (Å²) in [6.07, 6.45) is 1.34. The fourth-order valence-electron chi connectivity index (χ4n) is 0.850. The van der Waals surface area contributed by atoms with E-state index in [-0.39, 0.29) is 5.91 Å². The fraction of sp³-hybridized carbons (Fsp3) is 0.750. The van der Waals surface area contributed by atoms with Gasteiger partial charge in [-0.25, -0.2) is 0 Å². The van der Waals surface area contributed by atoms with E-state index in [1.54, 1.807) is 0 Å². The second kappa shape index (κ2) is 6.79. The number of rotatable bonds is 6. The molecule has 0 aliphatic rings. The van der Waals surface area contributed by atoms with Crippen molar-refractivity contribution in [2.24, 2.45) is 0 Å². The van der Waals surface area contributed by atoms with Crippen LogP contribution in [0.1, 0.15) is 13.3 Å². The van der Waals surface area contributed by atoms with E-state index in [0.717, 1.165) is 6.29 Å². The lowest BCUT2D eigenvalue weighted by Crippen LogP contribution is -2.35. The Kier molecular flexibility index (Phi) is 6.28. The average molecular weight is 172 g/mol. The monoisotopic (exact) mass is 172 g/mol. The first-order chi connectivity index (χ1) is 5.70. The van der Waals surface area contributed by atoms with Crippen molar-refractivity contribution in [2.75, 3.05) is 26.7 Å². The minimum atomic E-state index is 0.00546. The number of nitrogens with one attached hydrogen (secondary N) is 1. The number of nitrogens with zero attached hydrogens (tertiary/aromatic N) is 1. The Hall–Kier alpha value is -0.900. The molecule has 1 N–H and O–H groups in total. The van der Waals surface area contributed by atoms with Crippen molar-refractivity contribution in [1.29, 1.82) is 0 Å². The summed E-state index contributed by atoms with van der Waals surface area (Å²) in [6, 6.07) is 0. The lowest BCUT2D eigenvalue weighted by molar-refractivity contribution is -0.122. The van der Waals surface area contributed by atoms with Crippen LogP contribution in [0.25, 0.3) is 0 Å². The van der Waals surface area contributed by atoms with Gasteiger partial charge in [-0.15, -0.1) is 0 Å². The van der Waals surface area contributed by atoms with Crippen molar-refractivity contribution in [2.45, 2.75) is 13.3 Å². The maximum Gasteiger partial charge on any atom is 0.234 e. The van der Waals surface area contributed by atoms with Crippen molar-refractivity contribution in [3.8, 4) is 0 Å². The number of carbonyl (C=O) groups excluding carboxylic acids is 2. The third kappa shape index (κ3) is 5.85. The van der Waals surface area contributed by atoms with E-state index in [4.69, 9.17) is 0 Å². The fourth-order valence-corrected chi connectivity index (χ4v) is 0.850. The zero-order valence-electron chi connectivity index (χ0n) is 7.67. The second-order valence-electron chi connectivity index (χ2n) is 2.65. The number of aldehydes is 1. The number of hydrogen-bond donors (Lipinski definition) is 1. The normalized spacial score (nSPS) is 9.92. The Morgan fingerprint density at radius 2 is 2.25 bits per heavy atom. The van der Waals surface area contributed by atoms with Crippen LogP contribution in [0.2, 0.25) is 0 Å². The Bertz CT molecular complexity index is 148. The van der Waals surface area contributed by atoms with Gasteiger partial charge in [-0.05, 0) is 14.0 Å². The number of hydrogen-bond acceptors (Lipinski definition) is 3. The highest BCUT2D eigenvalue weighted by Crippen LogP contribution is 1.83. The van der Waals surface area contributed by atoms with Crippen molar-refractivity contribution >= 4 is 12.2 Å². The molecule has 0 aromatic carbocycles. The van der Waals surface area contributed by atoms with Gasteiger partial charge in [0.15, 0.2) is 0 Å². The molecule has 4 nitrogen and oxygen atoms in total. The van der Waals surface area contributed by atoms with Crippen LogP contribution in [0.4, 0.5) is 0 Å². The lowest BCUT2D eigenvalue weighted by atomic mass is 10.4. The van der Waals surface area contributed by atoms with Gasteiger partial charge in [0.2, 0.25) is 5.91 Å². The topological polar surface area (TPSA) is 49.4 Å². The maximum atomic E-state index is 11.0. The number of amides is 1. The molecule has 0 aromatic heterocycles. The summed E-state index contributed by atoms with van der Waals surface area (Å²) in [4.78, 5) is 22.8. The van der Waals surface area contributed by atoms with Crippen LogP contribution < -0.4 is 5.32 Å². The van der Waals surface area contributed by atoms with E-state index < -0.39 is 0 Å². The van der Waals surface area contributed by atoms with E-state index in [1.807, 2.05) is 18.9 Å². The molecule has 0 saturated carbocycles. The van der Waals surface area contributed by atoms with Crippen molar-refractivity contribution in [3.05, 3.63) is 0 Å². The second-order valence-corrected chi connectivity index (χ2v) is 2.65. The van der Waals surface area contributed by atoms with Crippen LogP contribution in [0, 0.1) is 0 Å². The lowest BCUT2D eigenvalue weighted by Gasteiger charge is -2.13. The van der Waals surface area contributed by atoms with E-state index in [1.165, 1.54) is 0 Å². The summed E-state index contributed by atoms with van der Waals surface area (Å²) in [7, 11) is 1.82. The smallest absolute Gasteiger partial charge is 0.234 e. The van der Waals surface area contributed by atoms with Crippen molar-refractivity contribution < 1.29 is 9.59 Å². The van der Waals surface area contributed by atoms with Gasteiger partial charge < -0.3 is 10.1 Å². The van der Waals surface area contributed by atoms with Gasteiger partial charge in [-0.3, -0.25) is 9.69 Å². The van der Waals surface area contributed by atoms with Crippen LogP contribution >= 0.6 is 0 Å². The molecule has 0 atom stereocenters. The van der Waals surface area contributed by atoms with E-state index in [9.17, 15) is 9.59 Å². The molecule has 0 aliphatic heterocycles. The summed E-state index contributed by atoms with van der Waals surface area (Å²) < 4.78 is 0. The summed E-state index contributed by atoms with van der Waals surface area (Å²) >= 11 is 0. The van der Waals surface area contributed by atoms with E-state index in [0.29, 0.717) is 26.1 Å². The standard InChI is InChI=1S/C8H16N2O2/c1-3-9-8(12)7-10(2)5-4-6-11/h6H,3-5,7H2,1-2H3,(H,9,12). The van der Waals surface area contributed by atoms with Gasteiger partial charge in [0, 0.05) is 19.5 Å². The van der Waals surface area contributed by atoms with E-state index >= 15 is 0 Å². The molecular weight excluding hydrogens is 156 g/mol. The van der Waals surface area contributed by atoms with Crippen molar-refractivity contribution in [3.63, 3.8) is 0 Å². The quantitative estimate of drug-likeness (QED) is 0.557. The SMILES string of the molecule is CCNC(=O)CN(C)CCC=O. The molecule has 70 valence electrons. The van der Waals surface area contributed by atoms with Crippen LogP contribution in [0.3, 0.4) is 0 Å². The summed E-state index contributed by atoms with van der Waals surface area (Å²) in [5.74, 6) is 0.00546. The molecule has 0 fully saturated rings. The molecule has 4 heteroatoms. The zero-order valence-corrected chi connectivity index (χ0v) is 7.67. The summed E-state index contributed by atoms with van der Waals surface area (Å²) in [5, 5.41) is 2.68. The maximum absolute atomic E-state index is 11.0. The Labute approximate surface area is 72.9 Å². The van der Waals surface area contributed by atoms with Crippen molar-refractivity contribution in [1.82, 2.24) is 10.2 Å². The first-order valence-corrected chi connectivity index (χ1v) is 4.09. The largest absolute Gasteiger partial charge is 0.355 e. The predicted molar refractivity (Wildman–Crippen MR) is 46.9 cm³/mol. The molecule has 0 rings (SSSR count). The van der Waals surface area contributed by atoms with Crippen LogP contribution in [-0.2, 0) is 9.59 Å². The van der Waals surface area contributed by atoms with Gasteiger partial charge >= 0.3 is 0 Å². The molecule has 0 aliphatic carbocycles. The zero-order chi connectivity index (χ0) is 9.40. The van der Waals surface area contributed by atoms with Crippen LogP contribution in [0.15, 0.2) is 0 Å². The molecule has 0 radical (unpaired) electrons. The Morgan fingerprint density at radius 3 is 2.75 bits per heavy atom. The first kappa shape index (κ1) is 11.1. The number of likely N-dealkylation sites (N-methyl/N-ethyl adjacent to an activating group) is 2. The molecule has 0 bridgehead atoms. The van der Waals surface area contributed by atoms with Gasteiger partial charge in [-0.1, -0.05) is 0 Å². The average Bonchev–Trinajstić information content (AvgIpc) is 2.01. The highest BCUT2D eigenvalue weighted by molar-refractivity contribution is 5.77. The Balaban J connectivity index is 3.46.